The molecule has 1 aromatic heterocycles. The van der Waals surface area contributed by atoms with Gasteiger partial charge in [-0.05, 0) is 25.1 Å². The number of nitrogens with one attached hydrogen (secondary N) is 1. The average molecular weight is 340 g/mol. The third-order valence-electron chi connectivity index (χ3n) is 2.39. The molecule has 0 atom stereocenters. The van der Waals surface area contributed by atoms with Gasteiger partial charge in [0.2, 0.25) is 11.8 Å². The van der Waals surface area contributed by atoms with Crippen LogP contribution in [0.5, 0.6) is 0 Å². The van der Waals surface area contributed by atoms with Crippen LogP contribution < -0.4 is 5.32 Å². The van der Waals surface area contributed by atoms with E-state index < -0.39 is 0 Å². The van der Waals surface area contributed by atoms with Crippen LogP contribution in [0.2, 0.25) is 0 Å². The third-order valence-corrected chi connectivity index (χ3v) is 2.88. The Kier molecular flexibility index (Phi) is 5.25. The van der Waals surface area contributed by atoms with E-state index in [-0.39, 0.29) is 12.5 Å². The number of carbonyl (C=O) groups is 1. The van der Waals surface area contributed by atoms with Gasteiger partial charge in [0.15, 0.2) is 0 Å². The summed E-state index contributed by atoms with van der Waals surface area (Å²) in [5.74, 6) is 0.558. The molecule has 0 amide bonds. The van der Waals surface area contributed by atoms with Crippen molar-refractivity contribution in [2.75, 3.05) is 13.2 Å². The van der Waals surface area contributed by atoms with Gasteiger partial charge in [-0.3, -0.25) is 10.1 Å². The highest BCUT2D eigenvalue weighted by atomic mass is 79.9. The second-order valence-electron chi connectivity index (χ2n) is 3.92. The number of hydrogen-bond donors (Lipinski definition) is 1. The number of aromatic nitrogens is 2. The van der Waals surface area contributed by atoms with Crippen molar-refractivity contribution in [3.8, 4) is 11.5 Å². The number of hydrogen-bond acceptors (Lipinski definition) is 6. The maximum absolute atomic E-state index is 11.1. The van der Waals surface area contributed by atoms with E-state index in [2.05, 4.69) is 31.4 Å². The van der Waals surface area contributed by atoms with Gasteiger partial charge in [-0.2, -0.15) is 0 Å². The van der Waals surface area contributed by atoms with Gasteiger partial charge in [-0.1, -0.05) is 22.0 Å². The number of ether oxygens (including phenoxy) is 1. The zero-order valence-electron chi connectivity index (χ0n) is 10.9. The minimum atomic E-state index is -0.306. The van der Waals surface area contributed by atoms with Gasteiger partial charge in [0.25, 0.3) is 0 Å². The largest absolute Gasteiger partial charge is 0.465 e. The highest BCUT2D eigenvalue weighted by Crippen LogP contribution is 2.21. The molecule has 2 aromatic rings. The first-order chi connectivity index (χ1) is 9.69. The van der Waals surface area contributed by atoms with E-state index in [1.807, 2.05) is 24.3 Å². The van der Waals surface area contributed by atoms with Gasteiger partial charge in [0, 0.05) is 10.0 Å². The Labute approximate surface area is 124 Å². The van der Waals surface area contributed by atoms with Gasteiger partial charge in [0.05, 0.1) is 19.7 Å². The standard InChI is InChI=1S/C13H14BrN3O3/c1-2-19-12(18)8-15-7-11-16-17-13(20-11)9-4-3-5-10(14)6-9/h3-6,15H,2,7-8H2,1H3. The van der Waals surface area contributed by atoms with Gasteiger partial charge in [-0.25, -0.2) is 0 Å². The number of halogens is 1. The Balaban J connectivity index is 1.91. The topological polar surface area (TPSA) is 77.2 Å². The van der Waals surface area contributed by atoms with Crippen LogP contribution in [0.15, 0.2) is 33.2 Å². The second kappa shape index (κ2) is 7.16. The molecule has 0 saturated heterocycles. The van der Waals surface area contributed by atoms with Gasteiger partial charge in [-0.15, -0.1) is 10.2 Å². The molecule has 1 N–H and O–H groups in total. The van der Waals surface area contributed by atoms with E-state index in [4.69, 9.17) is 9.15 Å². The Morgan fingerprint density at radius 2 is 2.30 bits per heavy atom. The van der Waals surface area contributed by atoms with Crippen LogP contribution >= 0.6 is 15.9 Å². The van der Waals surface area contributed by atoms with Gasteiger partial charge in [0.1, 0.15) is 0 Å². The molecule has 0 saturated carbocycles. The molecule has 0 fully saturated rings. The van der Waals surface area contributed by atoms with Gasteiger partial charge < -0.3 is 9.15 Å². The monoisotopic (exact) mass is 339 g/mol. The van der Waals surface area contributed by atoms with Crippen molar-refractivity contribution in [2.45, 2.75) is 13.5 Å². The molecule has 0 aliphatic rings. The molecule has 0 aliphatic carbocycles. The molecule has 0 radical (unpaired) electrons. The molecule has 0 spiro atoms. The Morgan fingerprint density at radius 3 is 3.05 bits per heavy atom. The summed E-state index contributed by atoms with van der Waals surface area (Å²) in [5.41, 5.74) is 0.837. The van der Waals surface area contributed by atoms with E-state index in [9.17, 15) is 4.79 Å². The maximum Gasteiger partial charge on any atom is 0.319 e. The molecule has 0 bridgehead atoms. The lowest BCUT2D eigenvalue weighted by molar-refractivity contribution is -0.142. The minimum absolute atomic E-state index is 0.114. The van der Waals surface area contributed by atoms with E-state index in [1.54, 1.807) is 6.92 Å². The van der Waals surface area contributed by atoms with Crippen LogP contribution in [0, 0.1) is 0 Å². The SMILES string of the molecule is CCOC(=O)CNCc1nnc(-c2cccc(Br)c2)o1. The molecule has 0 aliphatic heterocycles. The quantitative estimate of drug-likeness (QED) is 0.812. The van der Waals surface area contributed by atoms with Crippen molar-refractivity contribution in [3.63, 3.8) is 0 Å². The fraction of sp³-hybridized carbons (Fsp3) is 0.308. The molecule has 20 heavy (non-hydrogen) atoms. The van der Waals surface area contributed by atoms with E-state index in [1.165, 1.54) is 0 Å². The lowest BCUT2D eigenvalue weighted by Crippen LogP contribution is -2.24. The summed E-state index contributed by atoms with van der Waals surface area (Å²) < 4.78 is 11.2. The van der Waals surface area contributed by atoms with E-state index >= 15 is 0 Å². The predicted octanol–water partition coefficient (Wildman–Crippen LogP) is 2.15. The van der Waals surface area contributed by atoms with Crippen molar-refractivity contribution >= 4 is 21.9 Å². The van der Waals surface area contributed by atoms with Crippen LogP contribution in [0.1, 0.15) is 12.8 Å². The maximum atomic E-state index is 11.1. The zero-order valence-corrected chi connectivity index (χ0v) is 12.5. The van der Waals surface area contributed by atoms with E-state index in [0.717, 1.165) is 10.0 Å². The summed E-state index contributed by atoms with van der Waals surface area (Å²) in [6.07, 6.45) is 0. The first-order valence-corrected chi connectivity index (χ1v) is 6.93. The fourth-order valence-corrected chi connectivity index (χ4v) is 1.95. The fourth-order valence-electron chi connectivity index (χ4n) is 1.55. The number of rotatable bonds is 6. The van der Waals surface area contributed by atoms with Crippen LogP contribution in [0.4, 0.5) is 0 Å². The number of carbonyl (C=O) groups excluding carboxylic acids is 1. The first kappa shape index (κ1) is 14.7. The summed E-state index contributed by atoms with van der Waals surface area (Å²) in [6, 6.07) is 7.58. The zero-order chi connectivity index (χ0) is 14.4. The van der Waals surface area contributed by atoms with Gasteiger partial charge >= 0.3 is 5.97 Å². The number of nitrogens with zero attached hydrogens (tertiary/aromatic N) is 2. The molecule has 7 heteroatoms. The summed E-state index contributed by atoms with van der Waals surface area (Å²) in [6.45, 7) is 2.57. The molecule has 1 heterocycles. The molecule has 2 rings (SSSR count). The lowest BCUT2D eigenvalue weighted by atomic mass is 10.2. The lowest BCUT2D eigenvalue weighted by Gasteiger charge is -2.01. The summed E-state index contributed by atoms with van der Waals surface area (Å²) in [7, 11) is 0. The third kappa shape index (κ3) is 4.14. The van der Waals surface area contributed by atoms with Crippen molar-refractivity contribution in [3.05, 3.63) is 34.6 Å². The molecular weight excluding hydrogens is 326 g/mol. The smallest absolute Gasteiger partial charge is 0.319 e. The van der Waals surface area contributed by atoms with Crippen molar-refractivity contribution in [1.29, 1.82) is 0 Å². The Bertz CT molecular complexity index is 586. The second-order valence-corrected chi connectivity index (χ2v) is 4.84. The molecule has 1 aromatic carbocycles. The molecule has 6 nitrogen and oxygen atoms in total. The highest BCUT2D eigenvalue weighted by Gasteiger charge is 2.09. The molecule has 0 unspecified atom stereocenters. The number of benzene rings is 1. The summed E-state index contributed by atoms with van der Waals surface area (Å²) in [4.78, 5) is 11.1. The Hall–Kier alpha value is -1.73. The summed E-state index contributed by atoms with van der Waals surface area (Å²) >= 11 is 3.39. The number of esters is 1. The first-order valence-electron chi connectivity index (χ1n) is 6.13. The van der Waals surface area contributed by atoms with Crippen LogP contribution in [-0.4, -0.2) is 29.3 Å². The van der Waals surface area contributed by atoms with Crippen LogP contribution in [-0.2, 0) is 16.1 Å². The summed E-state index contributed by atoms with van der Waals surface area (Å²) in [5, 5.41) is 10.8. The normalized spacial score (nSPS) is 10.5. The highest BCUT2D eigenvalue weighted by molar-refractivity contribution is 9.10. The van der Waals surface area contributed by atoms with Crippen molar-refractivity contribution < 1.29 is 13.9 Å². The van der Waals surface area contributed by atoms with Crippen molar-refractivity contribution in [1.82, 2.24) is 15.5 Å². The molecular formula is C13H14BrN3O3. The minimum Gasteiger partial charge on any atom is -0.465 e. The van der Waals surface area contributed by atoms with Crippen molar-refractivity contribution in [2.24, 2.45) is 0 Å². The van der Waals surface area contributed by atoms with Crippen LogP contribution in [0.3, 0.4) is 0 Å². The molecule has 106 valence electrons. The van der Waals surface area contributed by atoms with E-state index in [0.29, 0.717) is 24.9 Å². The predicted molar refractivity (Wildman–Crippen MR) is 75.8 cm³/mol. The average Bonchev–Trinajstić information content (AvgIpc) is 2.88. The Morgan fingerprint density at radius 1 is 1.45 bits per heavy atom. The van der Waals surface area contributed by atoms with Crippen LogP contribution in [0.25, 0.3) is 11.5 Å².